The van der Waals surface area contributed by atoms with Gasteiger partial charge in [-0.15, -0.1) is 0 Å². The number of aromatic amines is 1. The Bertz CT molecular complexity index is 1360. The van der Waals surface area contributed by atoms with Gasteiger partial charge < -0.3 is 9.88 Å². The molecule has 1 aromatic heterocycles. The molecule has 1 heterocycles. The lowest BCUT2D eigenvalue weighted by molar-refractivity contribution is -0.140. The van der Waals surface area contributed by atoms with Crippen LogP contribution in [0.4, 0.5) is 17.6 Å². The molecule has 1 amide bonds. The summed E-state index contributed by atoms with van der Waals surface area (Å²) in [4.78, 5) is 18.4. The summed E-state index contributed by atoms with van der Waals surface area (Å²) in [5, 5.41) is 0.892. The number of rotatable bonds is 6. The number of aromatic nitrogens is 1. The monoisotopic (exact) mass is 496 g/mol. The summed E-state index contributed by atoms with van der Waals surface area (Å²) in [6.45, 7) is 6.81. The van der Waals surface area contributed by atoms with Gasteiger partial charge in [-0.1, -0.05) is 63.2 Å². The summed E-state index contributed by atoms with van der Waals surface area (Å²) in [5.74, 6) is -1.54. The molecule has 0 saturated carbocycles. The first-order valence-corrected chi connectivity index (χ1v) is 11.7. The van der Waals surface area contributed by atoms with Crippen LogP contribution in [0.1, 0.15) is 53.4 Å². The minimum absolute atomic E-state index is 0.0178. The molecule has 0 aliphatic rings. The number of para-hydroxylation sites is 1. The average molecular weight is 497 g/mol. The first-order chi connectivity index (χ1) is 16.9. The topological polar surface area (TPSA) is 36.1 Å². The van der Waals surface area contributed by atoms with Crippen LogP contribution in [-0.2, 0) is 24.6 Å². The van der Waals surface area contributed by atoms with Crippen molar-refractivity contribution in [2.75, 3.05) is 6.54 Å². The fraction of sp³-hybridized carbons (Fsp3) is 0.276. The van der Waals surface area contributed by atoms with E-state index in [2.05, 4.69) is 25.8 Å². The zero-order valence-corrected chi connectivity index (χ0v) is 20.4. The van der Waals surface area contributed by atoms with Gasteiger partial charge in [-0.05, 0) is 52.8 Å². The van der Waals surface area contributed by atoms with Gasteiger partial charge in [-0.25, -0.2) is 4.39 Å². The number of nitrogens with one attached hydrogen (secondary N) is 1. The van der Waals surface area contributed by atoms with E-state index in [1.165, 1.54) is 6.07 Å². The number of halogens is 4. The zero-order chi connectivity index (χ0) is 26.1. The predicted molar refractivity (Wildman–Crippen MR) is 133 cm³/mol. The molecule has 188 valence electrons. The third-order valence-electron chi connectivity index (χ3n) is 6.30. The van der Waals surface area contributed by atoms with Crippen molar-refractivity contribution in [2.24, 2.45) is 0 Å². The normalized spacial score (nSPS) is 12.2. The average Bonchev–Trinajstić information content (AvgIpc) is 3.30. The van der Waals surface area contributed by atoms with Crippen LogP contribution in [0.25, 0.3) is 10.9 Å². The van der Waals surface area contributed by atoms with Gasteiger partial charge in [-0.3, -0.25) is 4.79 Å². The maximum absolute atomic E-state index is 13.7. The van der Waals surface area contributed by atoms with Crippen LogP contribution in [0, 0.1) is 5.82 Å². The summed E-state index contributed by atoms with van der Waals surface area (Å²) in [5.41, 5.74) is 2.25. The Morgan fingerprint density at radius 3 is 2.28 bits per heavy atom. The maximum Gasteiger partial charge on any atom is 0.419 e. The largest absolute Gasteiger partial charge is 0.419 e. The fourth-order valence-corrected chi connectivity index (χ4v) is 4.23. The van der Waals surface area contributed by atoms with Crippen LogP contribution in [-0.4, -0.2) is 22.3 Å². The number of carbonyl (C=O) groups excluding carboxylic acids is 1. The maximum atomic E-state index is 13.7. The van der Waals surface area contributed by atoms with E-state index in [0.717, 1.165) is 28.6 Å². The van der Waals surface area contributed by atoms with E-state index in [-0.39, 0.29) is 30.8 Å². The Morgan fingerprint density at radius 2 is 1.61 bits per heavy atom. The van der Waals surface area contributed by atoms with E-state index < -0.39 is 17.6 Å². The molecule has 3 aromatic carbocycles. The van der Waals surface area contributed by atoms with Crippen molar-refractivity contribution in [1.29, 1.82) is 0 Å². The van der Waals surface area contributed by atoms with Gasteiger partial charge in [-0.2, -0.15) is 13.2 Å². The second-order valence-corrected chi connectivity index (χ2v) is 9.98. The van der Waals surface area contributed by atoms with Crippen LogP contribution in [0.3, 0.4) is 0 Å². The lowest BCUT2D eigenvalue weighted by Crippen LogP contribution is -2.32. The van der Waals surface area contributed by atoms with Gasteiger partial charge in [0.05, 0.1) is 16.6 Å². The quantitative estimate of drug-likeness (QED) is 0.276. The van der Waals surface area contributed by atoms with Crippen molar-refractivity contribution in [2.45, 2.75) is 45.3 Å². The highest BCUT2D eigenvalue weighted by Gasteiger charge is 2.34. The molecule has 0 unspecified atom stereocenters. The number of nitrogens with zero attached hydrogens (tertiary/aromatic N) is 1. The summed E-state index contributed by atoms with van der Waals surface area (Å²) < 4.78 is 53.3. The van der Waals surface area contributed by atoms with Gasteiger partial charge in [0.25, 0.3) is 5.91 Å². The molecule has 0 spiro atoms. The Morgan fingerprint density at radius 1 is 0.917 bits per heavy atom. The first-order valence-electron chi connectivity index (χ1n) is 11.7. The first kappa shape index (κ1) is 25.5. The molecule has 0 bridgehead atoms. The van der Waals surface area contributed by atoms with Crippen molar-refractivity contribution < 1.29 is 22.4 Å². The number of H-pyrrole nitrogens is 1. The van der Waals surface area contributed by atoms with E-state index >= 15 is 0 Å². The summed E-state index contributed by atoms with van der Waals surface area (Å²) in [6, 6.07) is 18.3. The predicted octanol–water partition coefficient (Wildman–Crippen LogP) is 7.51. The molecule has 7 heteroatoms. The van der Waals surface area contributed by atoms with E-state index in [9.17, 15) is 22.4 Å². The molecule has 0 saturated heterocycles. The minimum Gasteiger partial charge on any atom is -0.361 e. The Labute approximate surface area is 207 Å². The number of amides is 1. The second-order valence-electron chi connectivity index (χ2n) is 9.98. The lowest BCUT2D eigenvalue weighted by atomic mass is 9.87. The smallest absolute Gasteiger partial charge is 0.361 e. The van der Waals surface area contributed by atoms with Gasteiger partial charge in [0, 0.05) is 24.7 Å². The van der Waals surface area contributed by atoms with Crippen LogP contribution >= 0.6 is 0 Å². The number of carbonyl (C=O) groups is 1. The van der Waals surface area contributed by atoms with Gasteiger partial charge in [0.2, 0.25) is 0 Å². The molecule has 3 nitrogen and oxygen atoms in total. The molecular weight excluding hydrogens is 468 g/mol. The van der Waals surface area contributed by atoms with Crippen LogP contribution < -0.4 is 0 Å². The number of hydrogen-bond acceptors (Lipinski definition) is 1. The molecule has 0 aliphatic carbocycles. The molecular formula is C29H28F4N2O. The highest BCUT2D eigenvalue weighted by atomic mass is 19.4. The van der Waals surface area contributed by atoms with Crippen LogP contribution in [0.15, 0.2) is 72.9 Å². The summed E-state index contributed by atoms with van der Waals surface area (Å²) in [6.07, 6.45) is -2.88. The third kappa shape index (κ3) is 5.61. The zero-order valence-electron chi connectivity index (χ0n) is 20.4. The van der Waals surface area contributed by atoms with Crippen LogP contribution in [0.5, 0.6) is 0 Å². The van der Waals surface area contributed by atoms with Crippen LogP contribution in [0.2, 0.25) is 0 Å². The molecule has 0 aliphatic heterocycles. The van der Waals surface area contributed by atoms with E-state index in [1.54, 1.807) is 23.2 Å². The number of benzene rings is 3. The minimum atomic E-state index is -4.78. The molecule has 0 atom stereocenters. The fourth-order valence-electron chi connectivity index (χ4n) is 4.23. The van der Waals surface area contributed by atoms with E-state index in [4.69, 9.17) is 0 Å². The molecule has 36 heavy (non-hydrogen) atoms. The lowest BCUT2D eigenvalue weighted by Gasteiger charge is -2.25. The SMILES string of the molecule is CC(C)(C)c1ccc(CN(CCc2ccc(F)c(C(F)(F)F)c2)C(=O)c2cccc3cc[nH]c23)cc1. The number of fused-ring (bicyclic) bond motifs is 1. The molecule has 4 rings (SSSR count). The Hall–Kier alpha value is -3.61. The standard InChI is InChI=1S/C29H28F4N2O/c1-28(2,3)22-10-7-20(8-11-22)18-35(27(36)23-6-4-5-21-13-15-34-26(21)23)16-14-19-9-12-25(30)24(17-19)29(31,32)33/h4-13,15,17,34H,14,16,18H2,1-3H3. The molecule has 0 radical (unpaired) electrons. The van der Waals surface area contributed by atoms with Gasteiger partial charge >= 0.3 is 6.18 Å². The summed E-state index contributed by atoms with van der Waals surface area (Å²) >= 11 is 0. The van der Waals surface area contributed by atoms with Gasteiger partial charge in [0.15, 0.2) is 0 Å². The molecule has 0 fully saturated rings. The number of alkyl halides is 3. The van der Waals surface area contributed by atoms with E-state index in [1.807, 2.05) is 36.4 Å². The molecule has 4 aromatic rings. The Balaban J connectivity index is 1.63. The molecule has 1 N–H and O–H groups in total. The number of hydrogen-bond donors (Lipinski definition) is 1. The van der Waals surface area contributed by atoms with Crippen molar-refractivity contribution in [1.82, 2.24) is 9.88 Å². The Kier molecular flexibility index (Phi) is 6.94. The third-order valence-corrected chi connectivity index (χ3v) is 6.30. The second kappa shape index (κ2) is 9.80. The summed E-state index contributed by atoms with van der Waals surface area (Å²) in [7, 11) is 0. The van der Waals surface area contributed by atoms with Crippen molar-refractivity contribution in [3.63, 3.8) is 0 Å². The van der Waals surface area contributed by atoms with Gasteiger partial charge in [0.1, 0.15) is 5.82 Å². The highest BCUT2D eigenvalue weighted by Crippen LogP contribution is 2.32. The van der Waals surface area contributed by atoms with Crippen molar-refractivity contribution >= 4 is 16.8 Å². The van der Waals surface area contributed by atoms with Crippen molar-refractivity contribution in [3.8, 4) is 0 Å². The van der Waals surface area contributed by atoms with E-state index in [0.29, 0.717) is 16.6 Å². The highest BCUT2D eigenvalue weighted by molar-refractivity contribution is 6.05. The van der Waals surface area contributed by atoms with Crippen molar-refractivity contribution in [3.05, 3.63) is 107 Å².